The minimum atomic E-state index is -1.14. The van der Waals surface area contributed by atoms with Crippen LogP contribution in [0.5, 0.6) is 5.75 Å². The van der Waals surface area contributed by atoms with Gasteiger partial charge in [-0.2, -0.15) is 11.8 Å². The van der Waals surface area contributed by atoms with E-state index in [0.29, 0.717) is 17.0 Å². The van der Waals surface area contributed by atoms with Gasteiger partial charge in [0.2, 0.25) is 11.8 Å². The fourth-order valence-electron chi connectivity index (χ4n) is 3.93. The van der Waals surface area contributed by atoms with Crippen LogP contribution in [0.15, 0.2) is 66.7 Å². The van der Waals surface area contributed by atoms with Gasteiger partial charge in [0, 0.05) is 5.69 Å². The van der Waals surface area contributed by atoms with Crippen LogP contribution >= 0.6 is 11.8 Å². The predicted molar refractivity (Wildman–Crippen MR) is 152 cm³/mol. The van der Waals surface area contributed by atoms with Gasteiger partial charge in [0.05, 0.1) is 6.04 Å². The lowest BCUT2D eigenvalue weighted by Gasteiger charge is -2.33. The average molecular weight is 538 g/mol. The quantitative estimate of drug-likeness (QED) is 0.353. The summed E-state index contributed by atoms with van der Waals surface area (Å²) in [6.45, 7) is 5.07. The summed E-state index contributed by atoms with van der Waals surface area (Å²) in [5.41, 5.74) is 6.63. The number of carbonyl (C=O) groups excluding carboxylic acids is 3. The first kappa shape index (κ1) is 29.0. The van der Waals surface area contributed by atoms with E-state index in [0.717, 1.165) is 15.7 Å². The van der Waals surface area contributed by atoms with E-state index in [1.807, 2.05) is 42.7 Å². The van der Waals surface area contributed by atoms with Crippen LogP contribution < -0.4 is 11.1 Å². The molecule has 0 bridgehead atoms. The van der Waals surface area contributed by atoms with Crippen molar-refractivity contribution in [3.63, 3.8) is 0 Å². The fourth-order valence-corrected chi connectivity index (χ4v) is 4.39. The van der Waals surface area contributed by atoms with E-state index in [1.54, 1.807) is 39.0 Å². The van der Waals surface area contributed by atoms with Crippen molar-refractivity contribution in [1.82, 2.24) is 4.90 Å². The first-order valence-electron chi connectivity index (χ1n) is 12.4. The van der Waals surface area contributed by atoms with Crippen molar-refractivity contribution in [2.45, 2.75) is 51.3 Å². The third-order valence-corrected chi connectivity index (χ3v) is 6.41. The van der Waals surface area contributed by atoms with E-state index in [4.69, 9.17) is 10.5 Å². The fraction of sp³-hybridized carbons (Fsp3) is 0.345. The molecule has 3 aromatic carbocycles. The Labute approximate surface area is 227 Å². The monoisotopic (exact) mass is 537 g/mol. The second kappa shape index (κ2) is 12.8. The van der Waals surface area contributed by atoms with E-state index in [1.165, 1.54) is 23.9 Å². The molecule has 0 aliphatic rings. The zero-order chi connectivity index (χ0) is 27.9. The summed E-state index contributed by atoms with van der Waals surface area (Å²) in [6.07, 6.45) is 1.29. The Morgan fingerprint density at radius 3 is 2.32 bits per heavy atom. The molecule has 0 aromatic heterocycles. The summed E-state index contributed by atoms with van der Waals surface area (Å²) in [6, 6.07) is 17.3. The molecule has 0 aliphatic carbocycles. The highest BCUT2D eigenvalue weighted by Gasteiger charge is 2.39. The molecule has 0 fully saturated rings. The second-order valence-electron chi connectivity index (χ2n) is 10.0. The van der Waals surface area contributed by atoms with E-state index >= 15 is 0 Å². The Kier molecular flexibility index (Phi) is 9.77. The summed E-state index contributed by atoms with van der Waals surface area (Å²) in [4.78, 5) is 41.4. The molecule has 0 aliphatic heterocycles. The number of fused-ring (bicyclic) bond motifs is 1. The molecule has 3 rings (SSSR count). The zero-order valence-corrected chi connectivity index (χ0v) is 23.0. The average Bonchev–Trinajstić information content (AvgIpc) is 2.86. The van der Waals surface area contributed by atoms with E-state index < -0.39 is 35.6 Å². The number of nitrogens with zero attached hydrogens (tertiary/aromatic N) is 1. The molecule has 4 N–H and O–H groups in total. The van der Waals surface area contributed by atoms with Gasteiger partial charge in [-0.25, -0.2) is 9.69 Å². The summed E-state index contributed by atoms with van der Waals surface area (Å²) in [5.74, 6) is -0.612. The largest absolute Gasteiger partial charge is 0.508 e. The number of ether oxygens (including phenoxy) is 1. The maximum absolute atomic E-state index is 13.6. The molecule has 0 saturated heterocycles. The van der Waals surface area contributed by atoms with Gasteiger partial charge >= 0.3 is 6.09 Å². The third-order valence-electron chi connectivity index (χ3n) is 5.76. The number of phenols is 1. The van der Waals surface area contributed by atoms with Crippen LogP contribution in [0.3, 0.4) is 0 Å². The molecular weight excluding hydrogens is 502 g/mol. The van der Waals surface area contributed by atoms with Crippen LogP contribution in [0.25, 0.3) is 10.8 Å². The summed E-state index contributed by atoms with van der Waals surface area (Å²) in [7, 11) is 0. The number of hydrogen-bond donors (Lipinski definition) is 3. The van der Waals surface area contributed by atoms with Crippen LogP contribution in [0.1, 0.15) is 32.8 Å². The van der Waals surface area contributed by atoms with Gasteiger partial charge in [0.15, 0.2) is 0 Å². The van der Waals surface area contributed by atoms with Gasteiger partial charge in [-0.3, -0.25) is 9.59 Å². The molecule has 202 valence electrons. The lowest BCUT2D eigenvalue weighted by atomic mass is 10.0. The van der Waals surface area contributed by atoms with Crippen LogP contribution in [-0.2, 0) is 20.7 Å². The predicted octanol–water partition coefficient (Wildman–Crippen LogP) is 4.94. The van der Waals surface area contributed by atoms with Crippen molar-refractivity contribution in [2.75, 3.05) is 17.3 Å². The molecule has 3 aromatic rings. The number of benzene rings is 3. The maximum Gasteiger partial charge on any atom is 0.417 e. The number of thioether (sulfide) groups is 1. The standard InChI is InChI=1S/C29H35N3O5S/c1-29(2,3)37-28(36)32(27(35)24(30)17-19-9-13-23(33)14-10-19)25(15-16-38-4)26(34)31-22-12-11-20-7-5-6-8-21(20)18-22/h5-14,18,24-25,33H,15-17,30H2,1-4H3,(H,31,34)/t24-,25-/m0/s1. The van der Waals surface area contributed by atoms with Gasteiger partial charge in [0.25, 0.3) is 0 Å². The summed E-state index contributed by atoms with van der Waals surface area (Å²) in [5, 5.41) is 14.4. The Bertz CT molecular complexity index is 1270. The molecule has 0 spiro atoms. The number of carbonyl (C=O) groups is 3. The van der Waals surface area contributed by atoms with Gasteiger partial charge in [-0.05, 0) is 86.2 Å². The number of nitrogens with one attached hydrogen (secondary N) is 1. The molecule has 0 saturated carbocycles. The lowest BCUT2D eigenvalue weighted by Crippen LogP contribution is -2.57. The molecular formula is C29H35N3O5S. The van der Waals surface area contributed by atoms with Crippen molar-refractivity contribution in [3.05, 3.63) is 72.3 Å². The molecule has 0 unspecified atom stereocenters. The van der Waals surface area contributed by atoms with E-state index in [9.17, 15) is 19.5 Å². The number of anilines is 1. The minimum absolute atomic E-state index is 0.0894. The molecule has 9 heteroatoms. The second-order valence-corrected chi connectivity index (χ2v) is 11.0. The maximum atomic E-state index is 13.6. The molecule has 8 nitrogen and oxygen atoms in total. The van der Waals surface area contributed by atoms with Crippen molar-refractivity contribution >= 4 is 46.1 Å². The van der Waals surface area contributed by atoms with Crippen molar-refractivity contribution < 1.29 is 24.2 Å². The lowest BCUT2D eigenvalue weighted by molar-refractivity contribution is -0.138. The number of phenolic OH excluding ortho intramolecular Hbond substituents is 1. The number of imide groups is 1. The van der Waals surface area contributed by atoms with Crippen LogP contribution in [0.4, 0.5) is 10.5 Å². The number of amides is 3. The number of aromatic hydroxyl groups is 1. The van der Waals surface area contributed by atoms with Crippen LogP contribution in [-0.4, -0.2) is 57.6 Å². The Balaban J connectivity index is 1.92. The highest BCUT2D eigenvalue weighted by molar-refractivity contribution is 7.98. The van der Waals surface area contributed by atoms with Crippen LogP contribution in [0.2, 0.25) is 0 Å². The molecule has 0 heterocycles. The minimum Gasteiger partial charge on any atom is -0.508 e. The van der Waals surface area contributed by atoms with Gasteiger partial charge in [0.1, 0.15) is 17.4 Å². The Morgan fingerprint density at radius 2 is 1.68 bits per heavy atom. The van der Waals surface area contributed by atoms with Gasteiger partial charge in [-0.1, -0.05) is 42.5 Å². The number of rotatable bonds is 9. The topological polar surface area (TPSA) is 122 Å². The van der Waals surface area contributed by atoms with Crippen molar-refractivity contribution in [1.29, 1.82) is 0 Å². The zero-order valence-electron chi connectivity index (χ0n) is 22.1. The third kappa shape index (κ3) is 7.97. The summed E-state index contributed by atoms with van der Waals surface area (Å²) >= 11 is 1.50. The summed E-state index contributed by atoms with van der Waals surface area (Å²) < 4.78 is 5.55. The highest BCUT2D eigenvalue weighted by Crippen LogP contribution is 2.22. The highest BCUT2D eigenvalue weighted by atomic mass is 32.2. The molecule has 2 atom stereocenters. The van der Waals surface area contributed by atoms with Crippen molar-refractivity contribution in [2.24, 2.45) is 5.73 Å². The molecule has 0 radical (unpaired) electrons. The Morgan fingerprint density at radius 1 is 1.03 bits per heavy atom. The van der Waals surface area contributed by atoms with Gasteiger partial charge < -0.3 is 20.9 Å². The number of nitrogens with two attached hydrogens (primary N) is 1. The molecule has 3 amide bonds. The van der Waals surface area contributed by atoms with E-state index in [-0.39, 0.29) is 18.6 Å². The van der Waals surface area contributed by atoms with Crippen LogP contribution in [0, 0.1) is 0 Å². The number of hydrogen-bond acceptors (Lipinski definition) is 7. The SMILES string of the molecule is CSCC[C@@H](C(=O)Nc1ccc2ccccc2c1)N(C(=O)OC(C)(C)C)C(=O)[C@@H](N)Cc1ccc(O)cc1. The first-order valence-corrected chi connectivity index (χ1v) is 13.8. The first-order chi connectivity index (χ1) is 18.0. The van der Waals surface area contributed by atoms with E-state index in [2.05, 4.69) is 5.32 Å². The normalized spacial score (nSPS) is 13.0. The Hall–Kier alpha value is -3.56. The van der Waals surface area contributed by atoms with Gasteiger partial charge in [-0.15, -0.1) is 0 Å². The van der Waals surface area contributed by atoms with Crippen molar-refractivity contribution in [3.8, 4) is 5.75 Å². The smallest absolute Gasteiger partial charge is 0.417 e. The molecule has 38 heavy (non-hydrogen) atoms.